The number of nitriles is 2. The van der Waals surface area contributed by atoms with E-state index in [1.165, 1.54) is 48.6 Å². The van der Waals surface area contributed by atoms with Gasteiger partial charge in [0.1, 0.15) is 23.3 Å². The van der Waals surface area contributed by atoms with Gasteiger partial charge in [-0.05, 0) is 73.2 Å². The molecule has 0 aromatic heterocycles. The Morgan fingerprint density at radius 2 is 1.17 bits per heavy atom. The molecule has 2 atom stereocenters. The van der Waals surface area contributed by atoms with Crippen LogP contribution in [-0.2, 0) is 9.59 Å². The SMILES string of the molecule is N#CC(=Cc1ccc(O)c(O)c1)C(=O)NC1CCCC(NC(=O)C(C#N)=Cc2ccc(O)c(O)c2)C1. The van der Waals surface area contributed by atoms with E-state index in [-0.39, 0.29) is 46.2 Å². The van der Waals surface area contributed by atoms with Gasteiger partial charge in [0, 0.05) is 12.1 Å². The van der Waals surface area contributed by atoms with E-state index in [1.54, 1.807) is 0 Å². The van der Waals surface area contributed by atoms with Crippen LogP contribution in [0.25, 0.3) is 12.2 Å². The summed E-state index contributed by atoms with van der Waals surface area (Å²) >= 11 is 0. The molecule has 184 valence electrons. The van der Waals surface area contributed by atoms with Gasteiger partial charge in [0.15, 0.2) is 23.0 Å². The van der Waals surface area contributed by atoms with Crippen LogP contribution >= 0.6 is 0 Å². The van der Waals surface area contributed by atoms with E-state index >= 15 is 0 Å². The van der Waals surface area contributed by atoms with Gasteiger partial charge in [0.05, 0.1) is 0 Å². The van der Waals surface area contributed by atoms with Gasteiger partial charge in [-0.2, -0.15) is 10.5 Å². The van der Waals surface area contributed by atoms with Crippen LogP contribution in [-0.4, -0.2) is 44.3 Å². The number of benzene rings is 2. The number of phenolic OH excluding ortho intramolecular Hbond substituents is 4. The van der Waals surface area contributed by atoms with Crippen LogP contribution in [0.1, 0.15) is 36.8 Å². The van der Waals surface area contributed by atoms with Crippen LogP contribution < -0.4 is 10.6 Å². The predicted molar refractivity (Wildman–Crippen MR) is 129 cm³/mol. The maximum absolute atomic E-state index is 12.6. The molecule has 2 unspecified atom stereocenters. The summed E-state index contributed by atoms with van der Waals surface area (Å²) in [4.78, 5) is 25.3. The van der Waals surface area contributed by atoms with Crippen molar-refractivity contribution in [1.82, 2.24) is 10.6 Å². The third-order valence-electron chi connectivity index (χ3n) is 5.70. The number of amides is 2. The fraction of sp³-hybridized carbons (Fsp3) is 0.231. The number of hydrogen-bond donors (Lipinski definition) is 6. The molecular formula is C26H24N4O6. The highest BCUT2D eigenvalue weighted by Crippen LogP contribution is 2.27. The van der Waals surface area contributed by atoms with Crippen molar-refractivity contribution >= 4 is 24.0 Å². The molecule has 1 aliphatic carbocycles. The van der Waals surface area contributed by atoms with Crippen LogP contribution in [0.3, 0.4) is 0 Å². The first-order valence-corrected chi connectivity index (χ1v) is 11.1. The average Bonchev–Trinajstić information content (AvgIpc) is 2.85. The lowest BCUT2D eigenvalue weighted by atomic mass is 9.90. The van der Waals surface area contributed by atoms with Crippen LogP contribution in [0.5, 0.6) is 23.0 Å². The molecule has 1 saturated carbocycles. The summed E-state index contributed by atoms with van der Waals surface area (Å²) in [6.07, 6.45) is 4.97. The first kappa shape index (κ1) is 25.7. The Bertz CT molecular complexity index is 1220. The van der Waals surface area contributed by atoms with Gasteiger partial charge < -0.3 is 31.1 Å². The van der Waals surface area contributed by atoms with E-state index in [0.29, 0.717) is 36.8 Å². The molecule has 2 amide bonds. The van der Waals surface area contributed by atoms with Crippen molar-refractivity contribution in [3.8, 4) is 35.1 Å². The topological polar surface area (TPSA) is 187 Å². The van der Waals surface area contributed by atoms with Gasteiger partial charge in [-0.15, -0.1) is 0 Å². The van der Waals surface area contributed by atoms with Crippen molar-refractivity contribution in [2.45, 2.75) is 37.8 Å². The normalized spacial score (nSPS) is 17.9. The van der Waals surface area contributed by atoms with Gasteiger partial charge in [-0.3, -0.25) is 9.59 Å². The van der Waals surface area contributed by atoms with E-state index in [9.17, 15) is 40.5 Å². The van der Waals surface area contributed by atoms with Gasteiger partial charge in [-0.1, -0.05) is 12.1 Å². The minimum absolute atomic E-state index is 0.182. The van der Waals surface area contributed by atoms with E-state index in [1.807, 2.05) is 12.1 Å². The Labute approximate surface area is 207 Å². The highest BCUT2D eigenvalue weighted by molar-refractivity contribution is 6.02. The van der Waals surface area contributed by atoms with E-state index in [4.69, 9.17) is 0 Å². The van der Waals surface area contributed by atoms with Gasteiger partial charge in [0.25, 0.3) is 11.8 Å². The maximum Gasteiger partial charge on any atom is 0.262 e. The molecule has 1 aliphatic rings. The minimum atomic E-state index is -0.605. The van der Waals surface area contributed by atoms with Gasteiger partial charge in [0.2, 0.25) is 0 Å². The Balaban J connectivity index is 1.63. The molecule has 0 heterocycles. The third kappa shape index (κ3) is 6.55. The predicted octanol–water partition coefficient (Wildman–Crippen LogP) is 2.57. The zero-order valence-corrected chi connectivity index (χ0v) is 19.1. The van der Waals surface area contributed by atoms with Crippen LogP contribution in [0, 0.1) is 22.7 Å². The van der Waals surface area contributed by atoms with Crippen LogP contribution in [0.4, 0.5) is 0 Å². The number of aromatic hydroxyl groups is 4. The second kappa shape index (κ2) is 11.4. The summed E-state index contributed by atoms with van der Waals surface area (Å²) in [5, 5.41) is 62.4. The summed E-state index contributed by atoms with van der Waals surface area (Å²) in [6.45, 7) is 0. The zero-order chi connectivity index (χ0) is 26.2. The van der Waals surface area contributed by atoms with Gasteiger partial charge in [-0.25, -0.2) is 0 Å². The summed E-state index contributed by atoms with van der Waals surface area (Å²) in [5.41, 5.74) is 0.364. The highest BCUT2D eigenvalue weighted by Gasteiger charge is 2.26. The zero-order valence-electron chi connectivity index (χ0n) is 19.1. The molecule has 0 spiro atoms. The lowest BCUT2D eigenvalue weighted by Gasteiger charge is -2.30. The molecule has 0 radical (unpaired) electrons. The Morgan fingerprint density at radius 1 is 0.750 bits per heavy atom. The van der Waals surface area contributed by atoms with E-state index < -0.39 is 11.8 Å². The molecule has 6 N–H and O–H groups in total. The second-order valence-electron chi connectivity index (χ2n) is 8.34. The summed E-state index contributed by atoms with van der Waals surface area (Å²) < 4.78 is 0. The van der Waals surface area contributed by atoms with Crippen molar-refractivity contribution in [1.29, 1.82) is 10.5 Å². The molecule has 36 heavy (non-hydrogen) atoms. The fourth-order valence-electron chi connectivity index (χ4n) is 3.87. The van der Waals surface area contributed by atoms with Crippen LogP contribution in [0.15, 0.2) is 47.5 Å². The number of carbonyl (C=O) groups is 2. The monoisotopic (exact) mass is 488 g/mol. The Morgan fingerprint density at radius 3 is 1.53 bits per heavy atom. The smallest absolute Gasteiger partial charge is 0.262 e. The Hall–Kier alpha value is -4.96. The highest BCUT2D eigenvalue weighted by atomic mass is 16.3. The Kier molecular flexibility index (Phi) is 8.16. The van der Waals surface area contributed by atoms with Crippen molar-refractivity contribution in [3.05, 3.63) is 58.7 Å². The van der Waals surface area contributed by atoms with Crippen molar-refractivity contribution in [2.75, 3.05) is 0 Å². The number of rotatable bonds is 6. The third-order valence-corrected chi connectivity index (χ3v) is 5.70. The number of hydrogen-bond acceptors (Lipinski definition) is 8. The van der Waals surface area contributed by atoms with E-state index in [2.05, 4.69) is 10.6 Å². The minimum Gasteiger partial charge on any atom is -0.504 e. The molecule has 0 bridgehead atoms. The number of carbonyl (C=O) groups excluding carboxylic acids is 2. The largest absolute Gasteiger partial charge is 0.504 e. The fourth-order valence-corrected chi connectivity index (χ4v) is 3.87. The molecule has 2 aromatic rings. The number of nitrogens with zero attached hydrogens (tertiary/aromatic N) is 2. The first-order valence-electron chi connectivity index (χ1n) is 11.1. The number of nitrogens with one attached hydrogen (secondary N) is 2. The van der Waals surface area contributed by atoms with Gasteiger partial charge >= 0.3 is 0 Å². The molecule has 1 fully saturated rings. The lowest BCUT2D eigenvalue weighted by molar-refractivity contribution is -0.118. The summed E-state index contributed by atoms with van der Waals surface area (Å²) in [7, 11) is 0. The number of phenols is 4. The van der Waals surface area contributed by atoms with Crippen molar-refractivity contribution < 1.29 is 30.0 Å². The second-order valence-corrected chi connectivity index (χ2v) is 8.34. The summed E-state index contributed by atoms with van der Waals surface area (Å²) in [6, 6.07) is 10.9. The lowest BCUT2D eigenvalue weighted by Crippen LogP contribution is -2.46. The molecule has 10 heteroatoms. The van der Waals surface area contributed by atoms with Crippen molar-refractivity contribution in [3.63, 3.8) is 0 Å². The average molecular weight is 489 g/mol. The standard InChI is InChI=1S/C26H24N4O6/c27-13-17(8-15-4-6-21(31)23(33)10-15)25(35)29-19-2-1-3-20(12-19)30-26(36)18(14-28)9-16-5-7-22(32)24(34)11-16/h4-11,19-20,31-34H,1-3,12H2,(H,29,35)(H,30,36). The van der Waals surface area contributed by atoms with E-state index in [0.717, 1.165) is 0 Å². The molecule has 10 nitrogen and oxygen atoms in total. The maximum atomic E-state index is 12.6. The molecule has 3 rings (SSSR count). The summed E-state index contributed by atoms with van der Waals surface area (Å²) in [5.74, 6) is -2.60. The van der Waals surface area contributed by atoms with Crippen LogP contribution in [0.2, 0.25) is 0 Å². The molecular weight excluding hydrogens is 464 g/mol. The molecule has 2 aromatic carbocycles. The molecule has 0 saturated heterocycles. The molecule has 0 aliphatic heterocycles. The first-order chi connectivity index (χ1) is 17.2. The van der Waals surface area contributed by atoms with Crippen molar-refractivity contribution in [2.24, 2.45) is 0 Å². The quantitative estimate of drug-likeness (QED) is 0.203.